The molecule has 0 aliphatic carbocycles. The fourth-order valence-corrected chi connectivity index (χ4v) is 2.19. The lowest BCUT2D eigenvalue weighted by atomic mass is 10.0. The van der Waals surface area contributed by atoms with E-state index in [0.29, 0.717) is 0 Å². The molecule has 2 rings (SSSR count). The lowest BCUT2D eigenvalue weighted by Gasteiger charge is -2.09. The molecule has 0 saturated carbocycles. The fraction of sp³-hybridized carbons (Fsp3) is 0.333. The standard InChI is InChI=1S/C15H19NO/c1-3-4-12(10-17)8-14-9-13-7-11(2)5-6-15(13)16-14/h3,5-7,9,12,16-17H,1,4,8,10H2,2H3/t12-/m0/s1. The van der Waals surface area contributed by atoms with E-state index in [-0.39, 0.29) is 12.5 Å². The molecule has 0 saturated heterocycles. The molecule has 0 unspecified atom stereocenters. The van der Waals surface area contributed by atoms with E-state index >= 15 is 0 Å². The van der Waals surface area contributed by atoms with E-state index in [1.165, 1.54) is 22.2 Å². The molecule has 0 fully saturated rings. The van der Waals surface area contributed by atoms with Gasteiger partial charge in [-0.25, -0.2) is 0 Å². The van der Waals surface area contributed by atoms with E-state index in [9.17, 15) is 5.11 Å². The van der Waals surface area contributed by atoms with Gasteiger partial charge in [0.05, 0.1) is 0 Å². The Morgan fingerprint density at radius 3 is 2.94 bits per heavy atom. The Kier molecular flexibility index (Phi) is 3.64. The number of aliphatic hydroxyl groups excluding tert-OH is 1. The van der Waals surface area contributed by atoms with E-state index < -0.39 is 0 Å². The van der Waals surface area contributed by atoms with Gasteiger partial charge >= 0.3 is 0 Å². The highest BCUT2D eigenvalue weighted by Gasteiger charge is 2.09. The van der Waals surface area contributed by atoms with Crippen LogP contribution in [0.5, 0.6) is 0 Å². The van der Waals surface area contributed by atoms with Crippen molar-refractivity contribution in [2.24, 2.45) is 5.92 Å². The summed E-state index contributed by atoms with van der Waals surface area (Å²) in [4.78, 5) is 3.40. The SMILES string of the molecule is C=CC[C@H](CO)Cc1cc2cc(C)ccc2[nH]1. The van der Waals surface area contributed by atoms with Crippen molar-refractivity contribution >= 4 is 10.9 Å². The van der Waals surface area contributed by atoms with Crippen molar-refractivity contribution in [3.05, 3.63) is 48.2 Å². The molecule has 2 nitrogen and oxygen atoms in total. The molecule has 0 radical (unpaired) electrons. The fourth-order valence-electron chi connectivity index (χ4n) is 2.19. The molecule has 17 heavy (non-hydrogen) atoms. The van der Waals surface area contributed by atoms with Crippen LogP contribution in [0.3, 0.4) is 0 Å². The van der Waals surface area contributed by atoms with Crippen molar-refractivity contribution in [1.29, 1.82) is 0 Å². The van der Waals surface area contributed by atoms with E-state index in [1.54, 1.807) is 0 Å². The summed E-state index contributed by atoms with van der Waals surface area (Å²) in [6.07, 6.45) is 3.59. The first kappa shape index (κ1) is 11.9. The van der Waals surface area contributed by atoms with Crippen LogP contribution in [0.2, 0.25) is 0 Å². The number of H-pyrrole nitrogens is 1. The van der Waals surface area contributed by atoms with Gasteiger partial charge in [0, 0.05) is 17.8 Å². The number of aryl methyl sites for hydroxylation is 1. The highest BCUT2D eigenvalue weighted by atomic mass is 16.3. The van der Waals surface area contributed by atoms with Crippen molar-refractivity contribution in [3.63, 3.8) is 0 Å². The Hall–Kier alpha value is -1.54. The summed E-state index contributed by atoms with van der Waals surface area (Å²) in [5.41, 5.74) is 3.63. The van der Waals surface area contributed by atoms with Crippen LogP contribution in [0.1, 0.15) is 17.7 Å². The molecule has 0 amide bonds. The van der Waals surface area contributed by atoms with Crippen LogP contribution in [0, 0.1) is 12.8 Å². The predicted octanol–water partition coefficient (Wildman–Crippen LogP) is 3.20. The Labute approximate surface area is 102 Å². The molecule has 90 valence electrons. The number of hydrogen-bond donors (Lipinski definition) is 2. The number of benzene rings is 1. The van der Waals surface area contributed by atoms with Gasteiger partial charge in [-0.1, -0.05) is 17.7 Å². The van der Waals surface area contributed by atoms with Crippen molar-refractivity contribution < 1.29 is 5.11 Å². The van der Waals surface area contributed by atoms with Crippen LogP contribution in [0.25, 0.3) is 10.9 Å². The van der Waals surface area contributed by atoms with Gasteiger partial charge in [0.15, 0.2) is 0 Å². The summed E-state index contributed by atoms with van der Waals surface area (Å²) in [7, 11) is 0. The van der Waals surface area contributed by atoms with Gasteiger partial charge in [-0.3, -0.25) is 0 Å². The molecule has 0 aliphatic rings. The molecule has 2 aromatic rings. The Morgan fingerprint density at radius 1 is 1.41 bits per heavy atom. The minimum atomic E-state index is 0.209. The van der Waals surface area contributed by atoms with Gasteiger partial charge in [0.25, 0.3) is 0 Å². The second-order valence-electron chi connectivity index (χ2n) is 4.66. The van der Waals surface area contributed by atoms with Crippen LogP contribution in [-0.4, -0.2) is 16.7 Å². The first-order valence-electron chi connectivity index (χ1n) is 6.03. The number of nitrogens with one attached hydrogen (secondary N) is 1. The van der Waals surface area contributed by atoms with Gasteiger partial charge in [-0.2, -0.15) is 0 Å². The molecule has 1 aromatic heterocycles. The summed E-state index contributed by atoms with van der Waals surface area (Å²) in [6, 6.07) is 8.57. The molecule has 1 aromatic carbocycles. The monoisotopic (exact) mass is 229 g/mol. The molecule has 0 bridgehead atoms. The Morgan fingerprint density at radius 2 is 2.24 bits per heavy atom. The number of allylic oxidation sites excluding steroid dienone is 1. The molecule has 1 atom stereocenters. The second-order valence-corrected chi connectivity index (χ2v) is 4.66. The number of aliphatic hydroxyl groups is 1. The quantitative estimate of drug-likeness (QED) is 0.759. The zero-order valence-corrected chi connectivity index (χ0v) is 10.2. The zero-order chi connectivity index (χ0) is 12.3. The summed E-state index contributed by atoms with van der Waals surface area (Å²) >= 11 is 0. The van der Waals surface area contributed by atoms with E-state index in [2.05, 4.69) is 42.8 Å². The molecule has 1 heterocycles. The largest absolute Gasteiger partial charge is 0.396 e. The van der Waals surface area contributed by atoms with Gasteiger partial charge in [0.2, 0.25) is 0 Å². The van der Waals surface area contributed by atoms with Gasteiger partial charge < -0.3 is 10.1 Å². The summed E-state index contributed by atoms with van der Waals surface area (Å²) in [5, 5.41) is 10.5. The van der Waals surface area contributed by atoms with Crippen molar-refractivity contribution in [3.8, 4) is 0 Å². The number of rotatable bonds is 5. The maximum absolute atomic E-state index is 9.28. The van der Waals surface area contributed by atoms with Gasteiger partial charge in [-0.15, -0.1) is 6.58 Å². The first-order valence-corrected chi connectivity index (χ1v) is 6.03. The number of fused-ring (bicyclic) bond motifs is 1. The summed E-state index contributed by atoms with van der Waals surface area (Å²) < 4.78 is 0. The lowest BCUT2D eigenvalue weighted by Crippen LogP contribution is -2.08. The third kappa shape index (κ3) is 2.77. The number of hydrogen-bond acceptors (Lipinski definition) is 1. The highest BCUT2D eigenvalue weighted by molar-refractivity contribution is 5.81. The average Bonchev–Trinajstić information content (AvgIpc) is 2.69. The van der Waals surface area contributed by atoms with Gasteiger partial charge in [0.1, 0.15) is 0 Å². The van der Waals surface area contributed by atoms with Crippen LogP contribution in [0.4, 0.5) is 0 Å². The molecule has 2 heteroatoms. The van der Waals surface area contributed by atoms with Crippen molar-refractivity contribution in [1.82, 2.24) is 4.98 Å². The minimum Gasteiger partial charge on any atom is -0.396 e. The Bertz CT molecular complexity index is 513. The van der Waals surface area contributed by atoms with Crippen LogP contribution < -0.4 is 0 Å². The third-order valence-electron chi connectivity index (χ3n) is 3.10. The number of aromatic nitrogens is 1. The maximum Gasteiger partial charge on any atom is 0.0465 e. The topological polar surface area (TPSA) is 36.0 Å². The molecule has 2 N–H and O–H groups in total. The third-order valence-corrected chi connectivity index (χ3v) is 3.10. The zero-order valence-electron chi connectivity index (χ0n) is 10.2. The normalized spacial score (nSPS) is 12.8. The summed E-state index contributed by atoms with van der Waals surface area (Å²) in [5.74, 6) is 0.265. The lowest BCUT2D eigenvalue weighted by molar-refractivity contribution is 0.226. The minimum absolute atomic E-state index is 0.209. The molecule has 0 spiro atoms. The average molecular weight is 229 g/mol. The maximum atomic E-state index is 9.28. The molecule has 0 aliphatic heterocycles. The van der Waals surface area contributed by atoms with E-state index in [1.807, 2.05) is 6.08 Å². The van der Waals surface area contributed by atoms with Crippen LogP contribution >= 0.6 is 0 Å². The van der Waals surface area contributed by atoms with Crippen molar-refractivity contribution in [2.75, 3.05) is 6.61 Å². The van der Waals surface area contributed by atoms with E-state index in [0.717, 1.165) is 12.8 Å². The van der Waals surface area contributed by atoms with Crippen LogP contribution in [0.15, 0.2) is 36.9 Å². The van der Waals surface area contributed by atoms with Gasteiger partial charge in [-0.05, 0) is 49.3 Å². The molecular formula is C15H19NO. The van der Waals surface area contributed by atoms with Crippen molar-refractivity contribution in [2.45, 2.75) is 19.8 Å². The number of aromatic amines is 1. The first-order chi connectivity index (χ1) is 8.22. The highest BCUT2D eigenvalue weighted by Crippen LogP contribution is 2.20. The second kappa shape index (κ2) is 5.19. The summed E-state index contributed by atoms with van der Waals surface area (Å²) in [6.45, 7) is 6.03. The Balaban J connectivity index is 2.21. The van der Waals surface area contributed by atoms with E-state index in [4.69, 9.17) is 0 Å². The molecular weight excluding hydrogens is 210 g/mol. The van der Waals surface area contributed by atoms with Crippen LogP contribution in [-0.2, 0) is 6.42 Å². The predicted molar refractivity (Wildman–Crippen MR) is 72.1 cm³/mol. The smallest absolute Gasteiger partial charge is 0.0465 e.